The SMILES string of the molecule is CNc1cc(F)cc2c1[nH]c1nc(Oc3cnc(C(C)O)nc3)nc(N3C[C@@H]4[C@H](N)C[C@]4(C)C3)c12. The number of aliphatic hydroxyl groups is 1. The van der Waals surface area contributed by atoms with Gasteiger partial charge in [0.2, 0.25) is 0 Å². The first-order valence-corrected chi connectivity index (χ1v) is 11.6. The fourth-order valence-electron chi connectivity index (χ4n) is 5.62. The lowest BCUT2D eigenvalue weighted by molar-refractivity contribution is 0.0771. The quantitative estimate of drug-likeness (QED) is 0.341. The molecule has 2 aliphatic rings. The number of benzene rings is 1. The highest BCUT2D eigenvalue weighted by Crippen LogP contribution is 2.52. The lowest BCUT2D eigenvalue weighted by Crippen LogP contribution is -2.53. The van der Waals surface area contributed by atoms with Crippen molar-refractivity contribution in [2.45, 2.75) is 32.4 Å². The summed E-state index contributed by atoms with van der Waals surface area (Å²) < 4.78 is 20.4. The van der Waals surface area contributed by atoms with Crippen LogP contribution in [-0.2, 0) is 0 Å². The number of hydrogen-bond acceptors (Lipinski definition) is 9. The second-order valence-corrected chi connectivity index (χ2v) is 9.87. The van der Waals surface area contributed by atoms with Crippen LogP contribution < -0.4 is 20.7 Å². The van der Waals surface area contributed by atoms with Crippen LogP contribution in [0.15, 0.2) is 24.5 Å². The molecule has 5 N–H and O–H groups in total. The molecule has 1 saturated carbocycles. The number of aromatic amines is 1. The molecule has 0 bridgehead atoms. The molecule has 2 fully saturated rings. The van der Waals surface area contributed by atoms with E-state index in [1.165, 1.54) is 24.5 Å². The van der Waals surface area contributed by atoms with E-state index in [-0.39, 0.29) is 23.3 Å². The Morgan fingerprint density at radius 1 is 1.31 bits per heavy atom. The van der Waals surface area contributed by atoms with Gasteiger partial charge >= 0.3 is 6.01 Å². The van der Waals surface area contributed by atoms with Gasteiger partial charge in [0, 0.05) is 31.6 Å². The molecular formula is C24H27FN8O2. The van der Waals surface area contributed by atoms with Crippen LogP contribution in [0, 0.1) is 17.2 Å². The molecule has 4 aromatic rings. The average molecular weight is 479 g/mol. The van der Waals surface area contributed by atoms with Crippen LogP contribution in [0.3, 0.4) is 0 Å². The second kappa shape index (κ2) is 7.72. The van der Waals surface area contributed by atoms with Crippen LogP contribution in [0.2, 0.25) is 0 Å². The number of halogens is 1. The van der Waals surface area contributed by atoms with E-state index in [9.17, 15) is 9.50 Å². The predicted molar refractivity (Wildman–Crippen MR) is 130 cm³/mol. The molecule has 1 unspecified atom stereocenters. The van der Waals surface area contributed by atoms with Crippen molar-refractivity contribution < 1.29 is 14.2 Å². The lowest BCUT2D eigenvalue weighted by Gasteiger charge is -2.46. The van der Waals surface area contributed by atoms with Gasteiger partial charge in [-0.05, 0) is 36.8 Å². The first-order chi connectivity index (χ1) is 16.8. The molecule has 0 amide bonds. The number of nitrogens with zero attached hydrogens (tertiary/aromatic N) is 5. The molecule has 182 valence electrons. The molecule has 35 heavy (non-hydrogen) atoms. The summed E-state index contributed by atoms with van der Waals surface area (Å²) in [4.78, 5) is 23.2. The summed E-state index contributed by atoms with van der Waals surface area (Å²) in [5.74, 6) is 1.33. The topological polar surface area (TPSA) is 138 Å². The Balaban J connectivity index is 1.49. The molecule has 1 saturated heterocycles. The summed E-state index contributed by atoms with van der Waals surface area (Å²) in [6.45, 7) is 5.40. The van der Waals surface area contributed by atoms with Crippen molar-refractivity contribution >= 4 is 33.4 Å². The van der Waals surface area contributed by atoms with E-state index in [0.717, 1.165) is 30.4 Å². The van der Waals surface area contributed by atoms with Gasteiger partial charge in [-0.2, -0.15) is 9.97 Å². The maximum Gasteiger partial charge on any atom is 0.326 e. The number of nitrogens with one attached hydrogen (secondary N) is 2. The number of rotatable bonds is 5. The Kier molecular flexibility index (Phi) is 4.84. The van der Waals surface area contributed by atoms with Crippen LogP contribution in [0.25, 0.3) is 21.9 Å². The van der Waals surface area contributed by atoms with E-state index in [2.05, 4.69) is 37.1 Å². The van der Waals surface area contributed by atoms with Gasteiger partial charge in [-0.1, -0.05) is 6.92 Å². The van der Waals surface area contributed by atoms with Crippen LogP contribution in [0.4, 0.5) is 15.9 Å². The molecule has 1 aliphatic heterocycles. The average Bonchev–Trinajstić information content (AvgIpc) is 3.32. The highest BCUT2D eigenvalue weighted by molar-refractivity contribution is 6.14. The second-order valence-electron chi connectivity index (χ2n) is 9.87. The third-order valence-corrected chi connectivity index (χ3v) is 7.37. The highest BCUT2D eigenvalue weighted by atomic mass is 19.1. The normalized spacial score (nSPS) is 24.5. The zero-order valence-corrected chi connectivity index (χ0v) is 19.7. The molecular weight excluding hydrogens is 451 g/mol. The summed E-state index contributed by atoms with van der Waals surface area (Å²) in [6.07, 6.45) is 3.12. The molecule has 0 radical (unpaired) electrons. The third-order valence-electron chi connectivity index (χ3n) is 7.37. The fraction of sp³-hybridized carbons (Fsp3) is 0.417. The number of ether oxygens (including phenoxy) is 1. The van der Waals surface area contributed by atoms with E-state index in [4.69, 9.17) is 15.5 Å². The van der Waals surface area contributed by atoms with E-state index in [1.54, 1.807) is 14.0 Å². The Bertz CT molecular complexity index is 1440. The number of aliphatic hydroxyl groups excluding tert-OH is 1. The maximum absolute atomic E-state index is 14.5. The molecule has 4 heterocycles. The van der Waals surface area contributed by atoms with Crippen molar-refractivity contribution in [3.8, 4) is 11.8 Å². The van der Waals surface area contributed by atoms with Gasteiger partial charge in [-0.25, -0.2) is 14.4 Å². The molecule has 1 aromatic carbocycles. The van der Waals surface area contributed by atoms with Gasteiger partial charge in [-0.15, -0.1) is 0 Å². The highest BCUT2D eigenvalue weighted by Gasteiger charge is 2.55. The van der Waals surface area contributed by atoms with E-state index in [1.807, 2.05) is 0 Å². The predicted octanol–water partition coefficient (Wildman–Crippen LogP) is 3.10. The third kappa shape index (κ3) is 3.45. The summed E-state index contributed by atoms with van der Waals surface area (Å²) in [7, 11) is 1.75. The van der Waals surface area contributed by atoms with Gasteiger partial charge in [0.05, 0.1) is 29.0 Å². The number of aromatic nitrogens is 5. The standard InChI is InChI=1S/C24H27FN8O2/c1-11(34)20-28-7-13(8-29-20)35-23-31-21-18(14-4-12(25)5-17(27-3)19(14)30-21)22(32-23)33-9-15-16(26)6-24(15,2)10-33/h4-5,7-8,11,15-16,27,34H,6,9-10,26H2,1-3H3,(H,30,31,32)/t11?,15-,16-,24-/m1/s1. The number of hydrogen-bond donors (Lipinski definition) is 4. The van der Waals surface area contributed by atoms with E-state index >= 15 is 0 Å². The molecule has 0 spiro atoms. The minimum absolute atomic E-state index is 0.118. The molecule has 10 nitrogen and oxygen atoms in total. The van der Waals surface area contributed by atoms with Crippen molar-refractivity contribution in [2.75, 3.05) is 30.4 Å². The first kappa shape index (κ1) is 21.9. The van der Waals surface area contributed by atoms with Crippen LogP contribution in [0.5, 0.6) is 11.8 Å². The van der Waals surface area contributed by atoms with Crippen molar-refractivity contribution in [3.05, 3.63) is 36.2 Å². The number of nitrogens with two attached hydrogens (primary N) is 1. The number of fused-ring (bicyclic) bond motifs is 4. The van der Waals surface area contributed by atoms with Gasteiger partial charge in [0.25, 0.3) is 0 Å². The lowest BCUT2D eigenvalue weighted by atomic mass is 9.60. The maximum atomic E-state index is 14.5. The van der Waals surface area contributed by atoms with Crippen LogP contribution >= 0.6 is 0 Å². The molecule has 6 rings (SSSR count). The van der Waals surface area contributed by atoms with Gasteiger partial charge < -0.3 is 30.8 Å². The Hall–Kier alpha value is -3.57. The van der Waals surface area contributed by atoms with Gasteiger partial charge in [0.15, 0.2) is 11.6 Å². The minimum Gasteiger partial charge on any atom is -0.421 e. The molecule has 1 aliphatic carbocycles. The fourth-order valence-corrected chi connectivity index (χ4v) is 5.62. The summed E-state index contributed by atoms with van der Waals surface area (Å²) >= 11 is 0. The first-order valence-electron chi connectivity index (χ1n) is 11.6. The van der Waals surface area contributed by atoms with Crippen molar-refractivity contribution in [1.29, 1.82) is 0 Å². The monoisotopic (exact) mass is 478 g/mol. The molecule has 4 atom stereocenters. The zero-order valence-electron chi connectivity index (χ0n) is 19.7. The Morgan fingerprint density at radius 2 is 2.09 bits per heavy atom. The minimum atomic E-state index is -0.783. The smallest absolute Gasteiger partial charge is 0.326 e. The molecule has 3 aromatic heterocycles. The van der Waals surface area contributed by atoms with Gasteiger partial charge in [0.1, 0.15) is 23.4 Å². The van der Waals surface area contributed by atoms with Crippen molar-refractivity contribution in [2.24, 2.45) is 17.1 Å². The van der Waals surface area contributed by atoms with E-state index < -0.39 is 6.10 Å². The zero-order chi connectivity index (χ0) is 24.5. The van der Waals surface area contributed by atoms with Crippen LogP contribution in [0.1, 0.15) is 32.2 Å². The summed E-state index contributed by atoms with van der Waals surface area (Å²) in [6, 6.07) is 3.23. The van der Waals surface area contributed by atoms with Gasteiger partial charge in [-0.3, -0.25) is 0 Å². The summed E-state index contributed by atoms with van der Waals surface area (Å²) in [5.41, 5.74) is 8.35. The largest absolute Gasteiger partial charge is 0.421 e. The van der Waals surface area contributed by atoms with Crippen LogP contribution in [-0.4, -0.2) is 56.2 Å². The number of anilines is 2. The Morgan fingerprint density at radius 3 is 2.74 bits per heavy atom. The van der Waals surface area contributed by atoms with Crippen molar-refractivity contribution in [1.82, 2.24) is 24.9 Å². The Labute approximate surface area is 200 Å². The van der Waals surface area contributed by atoms with E-state index in [0.29, 0.717) is 40.0 Å². The summed E-state index contributed by atoms with van der Waals surface area (Å²) in [5, 5.41) is 14.1. The molecule has 11 heteroatoms. The number of H-pyrrole nitrogens is 1. The van der Waals surface area contributed by atoms with Crippen molar-refractivity contribution in [3.63, 3.8) is 0 Å².